The van der Waals surface area contributed by atoms with Crippen LogP contribution in [-0.4, -0.2) is 71.4 Å². The van der Waals surface area contributed by atoms with Gasteiger partial charge in [0.05, 0.1) is 0 Å². The van der Waals surface area contributed by atoms with Crippen LogP contribution in [-0.2, 0) is 14.4 Å². The number of nitrogens with one attached hydrogen (secondary N) is 1. The number of hydrogen-bond donors (Lipinski definition) is 3. The second-order valence-electron chi connectivity index (χ2n) is 4.27. The molecule has 0 aromatic carbocycles. The van der Waals surface area contributed by atoms with E-state index in [1.165, 1.54) is 4.90 Å². The summed E-state index contributed by atoms with van der Waals surface area (Å²) >= 11 is 0. The predicted octanol–water partition coefficient (Wildman–Crippen LogP) is -2.20. The van der Waals surface area contributed by atoms with Crippen LogP contribution in [0.4, 0.5) is 4.79 Å². The van der Waals surface area contributed by atoms with Crippen LogP contribution in [0.2, 0.25) is 0 Å². The molecule has 4 amide bonds. The molecule has 1 unspecified atom stereocenters. The van der Waals surface area contributed by atoms with E-state index < -0.39 is 37.0 Å². The minimum absolute atomic E-state index is 0.247. The molecular formula is C10H16N4O5. The van der Waals surface area contributed by atoms with Crippen molar-refractivity contribution in [2.75, 3.05) is 26.7 Å². The summed E-state index contributed by atoms with van der Waals surface area (Å²) in [6.07, 6.45) is 0.443. The maximum atomic E-state index is 11.8. The molecule has 1 aliphatic heterocycles. The van der Waals surface area contributed by atoms with Crippen molar-refractivity contribution >= 4 is 23.8 Å². The number of amides is 4. The highest BCUT2D eigenvalue weighted by Gasteiger charge is 2.32. The SMILES string of the molecule is CN1CCC(NC(=O)N(CC(N)=O)CC(=O)O)C1=O. The van der Waals surface area contributed by atoms with Gasteiger partial charge < -0.3 is 26.0 Å². The smallest absolute Gasteiger partial charge is 0.323 e. The molecule has 1 rings (SSSR count). The number of carbonyl (C=O) groups is 4. The van der Waals surface area contributed by atoms with Crippen molar-refractivity contribution < 1.29 is 24.3 Å². The Bertz CT molecular complexity index is 395. The van der Waals surface area contributed by atoms with Crippen LogP contribution in [0.5, 0.6) is 0 Å². The number of carbonyl (C=O) groups excluding carboxylic acids is 3. The fourth-order valence-electron chi connectivity index (χ4n) is 1.75. The Labute approximate surface area is 109 Å². The lowest BCUT2D eigenvalue weighted by Gasteiger charge is -2.21. The minimum atomic E-state index is -1.27. The molecule has 0 bridgehead atoms. The van der Waals surface area contributed by atoms with Gasteiger partial charge in [-0.25, -0.2) is 4.79 Å². The van der Waals surface area contributed by atoms with E-state index in [4.69, 9.17) is 10.8 Å². The minimum Gasteiger partial charge on any atom is -0.480 e. The second kappa shape index (κ2) is 6.03. The second-order valence-corrected chi connectivity index (χ2v) is 4.27. The zero-order valence-corrected chi connectivity index (χ0v) is 10.5. The van der Waals surface area contributed by atoms with E-state index in [0.717, 1.165) is 4.90 Å². The average molecular weight is 272 g/mol. The summed E-state index contributed by atoms with van der Waals surface area (Å²) in [6, 6.07) is -1.49. The van der Waals surface area contributed by atoms with Crippen LogP contribution >= 0.6 is 0 Å². The fraction of sp³-hybridized carbons (Fsp3) is 0.600. The molecule has 0 spiro atoms. The summed E-state index contributed by atoms with van der Waals surface area (Å²) in [5, 5.41) is 11.0. The molecule has 0 radical (unpaired) electrons. The number of nitrogens with zero attached hydrogens (tertiary/aromatic N) is 2. The van der Waals surface area contributed by atoms with Crippen molar-refractivity contribution in [3.63, 3.8) is 0 Å². The highest BCUT2D eigenvalue weighted by molar-refractivity contribution is 5.91. The summed E-state index contributed by atoms with van der Waals surface area (Å²) in [5.41, 5.74) is 4.94. The lowest BCUT2D eigenvalue weighted by Crippen LogP contribution is -2.51. The molecule has 0 aromatic heterocycles. The molecule has 0 aliphatic carbocycles. The Hall–Kier alpha value is -2.32. The summed E-state index contributed by atoms with van der Waals surface area (Å²) in [7, 11) is 1.60. The molecule has 4 N–H and O–H groups in total. The number of rotatable bonds is 5. The molecule has 1 aliphatic rings. The van der Waals surface area contributed by atoms with Crippen molar-refractivity contribution in [1.29, 1.82) is 0 Å². The first-order chi connectivity index (χ1) is 8.81. The first kappa shape index (κ1) is 14.7. The van der Waals surface area contributed by atoms with E-state index in [9.17, 15) is 19.2 Å². The van der Waals surface area contributed by atoms with Crippen LogP contribution in [0.1, 0.15) is 6.42 Å². The number of hydrogen-bond acceptors (Lipinski definition) is 4. The van der Waals surface area contributed by atoms with Gasteiger partial charge in [0.2, 0.25) is 11.8 Å². The van der Waals surface area contributed by atoms with Gasteiger partial charge in [0.1, 0.15) is 19.1 Å². The van der Waals surface area contributed by atoms with Crippen LogP contribution < -0.4 is 11.1 Å². The molecule has 9 nitrogen and oxygen atoms in total. The van der Waals surface area contributed by atoms with Gasteiger partial charge in [0.25, 0.3) is 0 Å². The molecule has 9 heteroatoms. The Morgan fingerprint density at radius 2 is 2.11 bits per heavy atom. The van der Waals surface area contributed by atoms with Crippen molar-refractivity contribution in [2.24, 2.45) is 5.73 Å². The highest BCUT2D eigenvalue weighted by atomic mass is 16.4. The molecule has 106 valence electrons. The summed E-state index contributed by atoms with van der Waals surface area (Å²) < 4.78 is 0. The first-order valence-corrected chi connectivity index (χ1v) is 5.61. The number of likely N-dealkylation sites (tertiary alicyclic amines) is 1. The fourth-order valence-corrected chi connectivity index (χ4v) is 1.75. The van der Waals surface area contributed by atoms with Crippen LogP contribution in [0, 0.1) is 0 Å². The van der Waals surface area contributed by atoms with E-state index in [-0.39, 0.29) is 5.91 Å². The van der Waals surface area contributed by atoms with Crippen LogP contribution in [0.3, 0.4) is 0 Å². The van der Waals surface area contributed by atoms with Crippen molar-refractivity contribution in [3.8, 4) is 0 Å². The van der Waals surface area contributed by atoms with Gasteiger partial charge in [-0.3, -0.25) is 14.4 Å². The molecule has 1 fully saturated rings. The maximum absolute atomic E-state index is 11.8. The molecule has 1 atom stereocenters. The molecule has 1 saturated heterocycles. The third-order valence-corrected chi connectivity index (χ3v) is 2.69. The quantitative estimate of drug-likeness (QED) is 0.522. The topological polar surface area (TPSA) is 133 Å². The largest absolute Gasteiger partial charge is 0.480 e. The lowest BCUT2D eigenvalue weighted by molar-refractivity contribution is -0.137. The van der Waals surface area contributed by atoms with Gasteiger partial charge in [-0.05, 0) is 6.42 Å². The molecule has 0 aromatic rings. The van der Waals surface area contributed by atoms with E-state index in [2.05, 4.69) is 5.32 Å². The third kappa shape index (κ3) is 4.12. The Morgan fingerprint density at radius 3 is 2.53 bits per heavy atom. The summed E-state index contributed by atoms with van der Waals surface area (Å²) in [6.45, 7) is -0.668. The van der Waals surface area contributed by atoms with Crippen LogP contribution in [0.15, 0.2) is 0 Å². The molecule has 1 heterocycles. The van der Waals surface area contributed by atoms with Gasteiger partial charge >= 0.3 is 12.0 Å². The predicted molar refractivity (Wildman–Crippen MR) is 63.0 cm³/mol. The van der Waals surface area contributed by atoms with Gasteiger partial charge in [-0.1, -0.05) is 0 Å². The number of primary amides is 1. The number of likely N-dealkylation sites (N-methyl/N-ethyl adjacent to an activating group) is 1. The van der Waals surface area contributed by atoms with Gasteiger partial charge in [-0.15, -0.1) is 0 Å². The van der Waals surface area contributed by atoms with Gasteiger partial charge in [0, 0.05) is 13.6 Å². The zero-order valence-electron chi connectivity index (χ0n) is 10.5. The number of urea groups is 1. The standard InChI is InChI=1S/C10H16N4O5/c1-13-3-2-6(9(13)18)12-10(19)14(4-7(11)15)5-8(16)17/h6H,2-5H2,1H3,(H2,11,15)(H,12,19)(H,16,17). The monoisotopic (exact) mass is 272 g/mol. The van der Waals surface area contributed by atoms with Gasteiger partial charge in [0.15, 0.2) is 0 Å². The number of nitrogens with two attached hydrogens (primary N) is 1. The lowest BCUT2D eigenvalue weighted by atomic mass is 10.2. The third-order valence-electron chi connectivity index (χ3n) is 2.69. The van der Waals surface area contributed by atoms with E-state index in [1.54, 1.807) is 7.05 Å². The van der Waals surface area contributed by atoms with E-state index in [1.807, 2.05) is 0 Å². The molecule has 19 heavy (non-hydrogen) atoms. The van der Waals surface area contributed by atoms with Crippen molar-refractivity contribution in [1.82, 2.24) is 15.1 Å². The number of carboxylic acids is 1. The zero-order chi connectivity index (χ0) is 14.6. The Kier molecular flexibility index (Phi) is 4.67. The van der Waals surface area contributed by atoms with E-state index >= 15 is 0 Å². The summed E-state index contributed by atoms with van der Waals surface area (Å²) in [5.74, 6) is -2.35. The summed E-state index contributed by atoms with van der Waals surface area (Å²) in [4.78, 5) is 47.0. The van der Waals surface area contributed by atoms with E-state index in [0.29, 0.717) is 13.0 Å². The van der Waals surface area contributed by atoms with Gasteiger partial charge in [-0.2, -0.15) is 0 Å². The number of carboxylic acid groups (broad SMARTS) is 1. The van der Waals surface area contributed by atoms with Crippen molar-refractivity contribution in [2.45, 2.75) is 12.5 Å². The normalized spacial score (nSPS) is 18.3. The number of aliphatic carboxylic acids is 1. The maximum Gasteiger partial charge on any atom is 0.323 e. The first-order valence-electron chi connectivity index (χ1n) is 5.61. The van der Waals surface area contributed by atoms with Crippen LogP contribution in [0.25, 0.3) is 0 Å². The molecule has 0 saturated carbocycles. The average Bonchev–Trinajstić information content (AvgIpc) is 2.59. The Morgan fingerprint density at radius 1 is 1.47 bits per heavy atom. The molecular weight excluding hydrogens is 256 g/mol. The Balaban J connectivity index is 2.63. The van der Waals surface area contributed by atoms with Crippen molar-refractivity contribution in [3.05, 3.63) is 0 Å². The highest BCUT2D eigenvalue weighted by Crippen LogP contribution is 2.08.